The van der Waals surface area contributed by atoms with Gasteiger partial charge in [-0.3, -0.25) is 5.10 Å². The first kappa shape index (κ1) is 14.2. The van der Waals surface area contributed by atoms with E-state index < -0.39 is 0 Å². The van der Waals surface area contributed by atoms with Crippen molar-refractivity contribution in [2.45, 2.75) is 26.3 Å². The van der Waals surface area contributed by atoms with Crippen LogP contribution in [0.25, 0.3) is 0 Å². The molecule has 3 rings (SSSR count). The third kappa shape index (κ3) is 3.31. The van der Waals surface area contributed by atoms with Crippen LogP contribution in [0.1, 0.15) is 23.2 Å². The molecule has 0 fully saturated rings. The van der Waals surface area contributed by atoms with Gasteiger partial charge in [-0.15, -0.1) is 0 Å². The quantitative estimate of drug-likeness (QED) is 0.806. The van der Waals surface area contributed by atoms with Crippen molar-refractivity contribution in [3.05, 3.63) is 40.2 Å². The van der Waals surface area contributed by atoms with Gasteiger partial charge in [0, 0.05) is 12.2 Å². The predicted molar refractivity (Wildman–Crippen MR) is 80.9 cm³/mol. The summed E-state index contributed by atoms with van der Waals surface area (Å²) >= 11 is 6.16. The predicted octanol–water partition coefficient (Wildman–Crippen LogP) is 2.82. The van der Waals surface area contributed by atoms with E-state index in [2.05, 4.69) is 15.5 Å². The van der Waals surface area contributed by atoms with Crippen molar-refractivity contribution < 1.29 is 9.47 Å². The third-order valence-corrected chi connectivity index (χ3v) is 3.83. The maximum atomic E-state index is 6.16. The van der Waals surface area contributed by atoms with Crippen LogP contribution in [0.2, 0.25) is 5.02 Å². The monoisotopic (exact) mass is 307 g/mol. The van der Waals surface area contributed by atoms with Crippen LogP contribution in [0.3, 0.4) is 0 Å². The Balaban J connectivity index is 1.46. The molecule has 0 radical (unpaired) electrons. The molecular weight excluding hydrogens is 290 g/mol. The highest BCUT2D eigenvalue weighted by molar-refractivity contribution is 6.32. The van der Waals surface area contributed by atoms with Gasteiger partial charge in [-0.25, -0.2) is 0 Å². The number of nitrogens with one attached hydrogen (secondary N) is 2. The van der Waals surface area contributed by atoms with E-state index in [4.69, 9.17) is 21.1 Å². The molecule has 0 spiro atoms. The number of rotatable bonds is 6. The molecule has 1 aliphatic rings. The topological polar surface area (TPSA) is 59.2 Å². The second-order valence-corrected chi connectivity index (χ2v) is 5.52. The van der Waals surface area contributed by atoms with E-state index in [0.717, 1.165) is 42.9 Å². The van der Waals surface area contributed by atoms with Gasteiger partial charge in [-0.1, -0.05) is 11.6 Å². The number of H-pyrrole nitrogens is 1. The number of halogens is 1. The van der Waals surface area contributed by atoms with Gasteiger partial charge in [-0.05, 0) is 49.6 Å². The summed E-state index contributed by atoms with van der Waals surface area (Å²) in [6, 6.07) is 3.89. The molecule has 0 atom stereocenters. The highest BCUT2D eigenvalue weighted by Gasteiger charge is 2.17. The number of hydrogen-bond acceptors (Lipinski definition) is 4. The molecule has 0 unspecified atom stereocenters. The van der Waals surface area contributed by atoms with E-state index in [1.807, 2.05) is 25.3 Å². The zero-order valence-corrected chi connectivity index (χ0v) is 12.7. The molecule has 0 aliphatic carbocycles. The second kappa shape index (κ2) is 6.37. The lowest BCUT2D eigenvalue weighted by atomic mass is 10.1. The Morgan fingerprint density at radius 2 is 2.29 bits per heavy atom. The van der Waals surface area contributed by atoms with Gasteiger partial charge in [0.05, 0.1) is 11.2 Å². The Morgan fingerprint density at radius 3 is 3.10 bits per heavy atom. The lowest BCUT2D eigenvalue weighted by molar-refractivity contribution is 0.174. The number of aromatic amines is 1. The molecule has 1 aromatic heterocycles. The minimum atomic E-state index is 0.246. The van der Waals surface area contributed by atoms with E-state index >= 15 is 0 Å². The summed E-state index contributed by atoms with van der Waals surface area (Å²) in [6.45, 7) is 4.00. The van der Waals surface area contributed by atoms with E-state index in [0.29, 0.717) is 10.8 Å². The summed E-state index contributed by atoms with van der Waals surface area (Å²) < 4.78 is 10.7. The van der Waals surface area contributed by atoms with E-state index in [1.165, 1.54) is 5.56 Å². The standard InChI is InChI=1S/C15H18ClN3O2/c1-10-12(8-18-19-10)3-2-4-17-7-11-5-13(16)15-14(6-11)20-9-21-15/h5-6,8,17H,2-4,7,9H2,1H3,(H,18,19). The Bertz CT molecular complexity index is 627. The zero-order chi connectivity index (χ0) is 14.7. The van der Waals surface area contributed by atoms with Gasteiger partial charge in [0.15, 0.2) is 11.5 Å². The van der Waals surface area contributed by atoms with Crippen LogP contribution >= 0.6 is 11.6 Å². The molecule has 2 aromatic rings. The summed E-state index contributed by atoms with van der Waals surface area (Å²) in [5.41, 5.74) is 3.53. The molecule has 112 valence electrons. The molecule has 0 bridgehead atoms. The summed E-state index contributed by atoms with van der Waals surface area (Å²) in [5.74, 6) is 1.38. The number of nitrogens with zero attached hydrogens (tertiary/aromatic N) is 1. The molecule has 0 saturated carbocycles. The maximum absolute atomic E-state index is 6.16. The van der Waals surface area contributed by atoms with Crippen molar-refractivity contribution in [3.63, 3.8) is 0 Å². The van der Waals surface area contributed by atoms with Gasteiger partial charge in [-0.2, -0.15) is 5.10 Å². The number of aryl methyl sites for hydroxylation is 2. The lowest BCUT2D eigenvalue weighted by Gasteiger charge is -2.07. The van der Waals surface area contributed by atoms with Gasteiger partial charge in [0.2, 0.25) is 6.79 Å². The van der Waals surface area contributed by atoms with Crippen LogP contribution < -0.4 is 14.8 Å². The fourth-order valence-corrected chi connectivity index (χ4v) is 2.67. The van der Waals surface area contributed by atoms with Gasteiger partial charge in [0.1, 0.15) is 0 Å². The smallest absolute Gasteiger partial charge is 0.231 e. The first-order chi connectivity index (χ1) is 10.2. The second-order valence-electron chi connectivity index (χ2n) is 5.11. The fraction of sp³-hybridized carbons (Fsp3) is 0.400. The van der Waals surface area contributed by atoms with E-state index in [-0.39, 0.29) is 6.79 Å². The Morgan fingerprint density at radius 1 is 1.38 bits per heavy atom. The number of hydrogen-bond donors (Lipinski definition) is 2. The SMILES string of the molecule is Cc1[nH]ncc1CCCNCc1cc(Cl)c2c(c1)OCO2. The van der Waals surface area contributed by atoms with Gasteiger partial charge >= 0.3 is 0 Å². The van der Waals surface area contributed by atoms with Crippen LogP contribution in [0.15, 0.2) is 18.3 Å². The molecule has 6 heteroatoms. The summed E-state index contributed by atoms with van der Waals surface area (Å²) in [5, 5.41) is 11.0. The number of aromatic nitrogens is 2. The molecule has 0 saturated heterocycles. The fourth-order valence-electron chi connectivity index (χ4n) is 2.39. The molecule has 21 heavy (non-hydrogen) atoms. The summed E-state index contributed by atoms with van der Waals surface area (Å²) in [7, 11) is 0. The van der Waals surface area contributed by atoms with Crippen molar-refractivity contribution in [1.82, 2.24) is 15.5 Å². The summed E-state index contributed by atoms with van der Waals surface area (Å²) in [4.78, 5) is 0. The molecule has 2 heterocycles. The molecule has 1 aromatic carbocycles. The molecule has 2 N–H and O–H groups in total. The molecule has 0 amide bonds. The summed E-state index contributed by atoms with van der Waals surface area (Å²) in [6.07, 6.45) is 3.99. The molecule has 5 nitrogen and oxygen atoms in total. The minimum absolute atomic E-state index is 0.246. The Kier molecular flexibility index (Phi) is 4.31. The van der Waals surface area contributed by atoms with Crippen molar-refractivity contribution in [2.24, 2.45) is 0 Å². The van der Waals surface area contributed by atoms with Crippen LogP contribution in [-0.4, -0.2) is 23.5 Å². The zero-order valence-electron chi connectivity index (χ0n) is 11.9. The van der Waals surface area contributed by atoms with Crippen LogP contribution in [0.5, 0.6) is 11.5 Å². The minimum Gasteiger partial charge on any atom is -0.454 e. The third-order valence-electron chi connectivity index (χ3n) is 3.55. The van der Waals surface area contributed by atoms with Crippen LogP contribution in [0.4, 0.5) is 0 Å². The first-order valence-electron chi connectivity index (χ1n) is 7.01. The number of ether oxygens (including phenoxy) is 2. The molecular formula is C15H18ClN3O2. The maximum Gasteiger partial charge on any atom is 0.231 e. The Labute approximate surface area is 128 Å². The van der Waals surface area contributed by atoms with Gasteiger partial charge in [0.25, 0.3) is 0 Å². The lowest BCUT2D eigenvalue weighted by Crippen LogP contribution is -2.15. The van der Waals surface area contributed by atoms with Crippen molar-refractivity contribution >= 4 is 11.6 Å². The van der Waals surface area contributed by atoms with Crippen molar-refractivity contribution in [1.29, 1.82) is 0 Å². The largest absolute Gasteiger partial charge is 0.454 e. The van der Waals surface area contributed by atoms with Gasteiger partial charge < -0.3 is 14.8 Å². The first-order valence-corrected chi connectivity index (χ1v) is 7.39. The average molecular weight is 308 g/mol. The van der Waals surface area contributed by atoms with Crippen molar-refractivity contribution in [3.8, 4) is 11.5 Å². The van der Waals surface area contributed by atoms with Crippen LogP contribution in [-0.2, 0) is 13.0 Å². The van der Waals surface area contributed by atoms with Crippen LogP contribution in [0, 0.1) is 6.92 Å². The Hall–Kier alpha value is -1.72. The van der Waals surface area contributed by atoms with Crippen molar-refractivity contribution in [2.75, 3.05) is 13.3 Å². The highest BCUT2D eigenvalue weighted by atomic mass is 35.5. The average Bonchev–Trinajstić information content (AvgIpc) is 3.08. The number of fused-ring (bicyclic) bond motifs is 1. The number of benzene rings is 1. The highest BCUT2D eigenvalue weighted by Crippen LogP contribution is 2.39. The molecule has 1 aliphatic heterocycles. The normalized spacial score (nSPS) is 12.9. The van der Waals surface area contributed by atoms with E-state index in [9.17, 15) is 0 Å². The van der Waals surface area contributed by atoms with E-state index in [1.54, 1.807) is 0 Å².